The number of hydrogen-bond donors (Lipinski definition) is 1. The van der Waals surface area contributed by atoms with Crippen LogP contribution in [0.4, 0.5) is 0 Å². The number of amides is 2. The zero-order valence-corrected chi connectivity index (χ0v) is 13.3. The predicted octanol–water partition coefficient (Wildman–Crippen LogP) is 1.71. The zero-order valence-electron chi connectivity index (χ0n) is 13.3. The van der Waals surface area contributed by atoms with Crippen LogP contribution in [0.2, 0.25) is 0 Å². The highest BCUT2D eigenvalue weighted by atomic mass is 16.5. The van der Waals surface area contributed by atoms with Crippen LogP contribution < -0.4 is 5.32 Å². The van der Waals surface area contributed by atoms with Crippen LogP contribution in [0.15, 0.2) is 0 Å². The SMILES string of the molecule is CC(C)COCCNC1CC(=O)N(C2CCCCC2)C1=O. The summed E-state index contributed by atoms with van der Waals surface area (Å²) in [6.45, 7) is 6.14. The molecule has 5 nitrogen and oxygen atoms in total. The van der Waals surface area contributed by atoms with E-state index < -0.39 is 0 Å². The van der Waals surface area contributed by atoms with E-state index in [0.717, 1.165) is 32.3 Å². The Labute approximate surface area is 127 Å². The van der Waals surface area contributed by atoms with Crippen molar-refractivity contribution < 1.29 is 14.3 Å². The Morgan fingerprint density at radius 1 is 1.24 bits per heavy atom. The highest BCUT2D eigenvalue weighted by Crippen LogP contribution is 2.27. The molecule has 1 atom stereocenters. The Bertz CT molecular complexity index is 365. The largest absolute Gasteiger partial charge is 0.380 e. The summed E-state index contributed by atoms with van der Waals surface area (Å²) in [7, 11) is 0. The van der Waals surface area contributed by atoms with E-state index in [4.69, 9.17) is 4.74 Å². The van der Waals surface area contributed by atoms with Crippen LogP contribution in [-0.4, -0.2) is 48.6 Å². The standard InChI is InChI=1S/C16H28N2O3/c1-12(2)11-21-9-8-17-14-10-15(19)18(16(14)20)13-6-4-3-5-7-13/h12-14,17H,3-11H2,1-2H3. The van der Waals surface area contributed by atoms with Crippen LogP contribution in [0.3, 0.4) is 0 Å². The topological polar surface area (TPSA) is 58.6 Å². The van der Waals surface area contributed by atoms with Crippen molar-refractivity contribution in [3.8, 4) is 0 Å². The number of likely N-dealkylation sites (tertiary alicyclic amines) is 1. The molecule has 1 heterocycles. The molecule has 0 spiro atoms. The third kappa shape index (κ3) is 4.51. The van der Waals surface area contributed by atoms with Gasteiger partial charge in [-0.3, -0.25) is 14.5 Å². The normalized spacial score (nSPS) is 24.3. The van der Waals surface area contributed by atoms with Crippen LogP contribution in [0, 0.1) is 5.92 Å². The molecule has 120 valence electrons. The molecule has 0 aromatic rings. The molecule has 2 amide bonds. The number of rotatable bonds is 7. The van der Waals surface area contributed by atoms with Crippen LogP contribution in [0.5, 0.6) is 0 Å². The minimum atomic E-state index is -0.345. The average Bonchev–Trinajstić information content (AvgIpc) is 2.74. The summed E-state index contributed by atoms with van der Waals surface area (Å²) in [5, 5.41) is 3.17. The number of nitrogens with zero attached hydrogens (tertiary/aromatic N) is 1. The molecule has 0 aromatic carbocycles. The van der Waals surface area contributed by atoms with Crippen LogP contribution >= 0.6 is 0 Å². The van der Waals surface area contributed by atoms with Crippen molar-refractivity contribution in [3.63, 3.8) is 0 Å². The first-order valence-corrected chi connectivity index (χ1v) is 8.26. The highest BCUT2D eigenvalue weighted by Gasteiger charge is 2.42. The molecule has 0 aromatic heterocycles. The average molecular weight is 296 g/mol. The summed E-state index contributed by atoms with van der Waals surface area (Å²) in [4.78, 5) is 26.0. The summed E-state index contributed by atoms with van der Waals surface area (Å²) in [5.74, 6) is 0.477. The molecule has 2 rings (SSSR count). The maximum absolute atomic E-state index is 12.4. The molecular weight excluding hydrogens is 268 g/mol. The molecule has 1 aliphatic heterocycles. The second kappa shape index (κ2) is 7.90. The minimum Gasteiger partial charge on any atom is -0.380 e. The van der Waals surface area contributed by atoms with E-state index in [1.165, 1.54) is 11.3 Å². The number of hydrogen-bond acceptors (Lipinski definition) is 4. The lowest BCUT2D eigenvalue weighted by atomic mass is 9.94. The monoisotopic (exact) mass is 296 g/mol. The number of nitrogens with one attached hydrogen (secondary N) is 1. The Kier molecular flexibility index (Phi) is 6.18. The number of imide groups is 1. The minimum absolute atomic E-state index is 0.00695. The summed E-state index contributed by atoms with van der Waals surface area (Å²) in [6.07, 6.45) is 5.73. The predicted molar refractivity (Wildman–Crippen MR) is 80.8 cm³/mol. The number of carbonyl (C=O) groups is 2. The first-order valence-electron chi connectivity index (χ1n) is 8.26. The van der Waals surface area contributed by atoms with Crippen molar-refractivity contribution in [1.29, 1.82) is 0 Å². The van der Waals surface area contributed by atoms with E-state index in [2.05, 4.69) is 19.2 Å². The van der Waals surface area contributed by atoms with Gasteiger partial charge in [0.15, 0.2) is 0 Å². The van der Waals surface area contributed by atoms with Crippen molar-refractivity contribution in [1.82, 2.24) is 10.2 Å². The molecule has 1 unspecified atom stereocenters. The van der Waals surface area contributed by atoms with E-state index in [9.17, 15) is 9.59 Å². The van der Waals surface area contributed by atoms with Gasteiger partial charge >= 0.3 is 0 Å². The number of ether oxygens (including phenoxy) is 1. The van der Waals surface area contributed by atoms with Gasteiger partial charge in [-0.25, -0.2) is 0 Å². The maximum atomic E-state index is 12.4. The van der Waals surface area contributed by atoms with Crippen molar-refractivity contribution in [2.75, 3.05) is 19.8 Å². The van der Waals surface area contributed by atoms with Crippen LogP contribution in [0.25, 0.3) is 0 Å². The third-order valence-electron chi connectivity index (χ3n) is 4.21. The van der Waals surface area contributed by atoms with E-state index in [-0.39, 0.29) is 23.9 Å². The maximum Gasteiger partial charge on any atom is 0.247 e. The van der Waals surface area contributed by atoms with Crippen LogP contribution in [-0.2, 0) is 14.3 Å². The summed E-state index contributed by atoms with van der Waals surface area (Å²) in [5.41, 5.74) is 0. The van der Waals surface area contributed by atoms with Crippen molar-refractivity contribution in [2.24, 2.45) is 5.92 Å². The number of carbonyl (C=O) groups excluding carboxylic acids is 2. The van der Waals surface area contributed by atoms with E-state index in [0.29, 0.717) is 25.5 Å². The van der Waals surface area contributed by atoms with Gasteiger partial charge in [-0.05, 0) is 18.8 Å². The lowest BCUT2D eigenvalue weighted by Gasteiger charge is -2.29. The smallest absolute Gasteiger partial charge is 0.247 e. The first-order chi connectivity index (χ1) is 10.1. The molecule has 2 fully saturated rings. The van der Waals surface area contributed by atoms with Gasteiger partial charge in [-0.2, -0.15) is 0 Å². The van der Waals surface area contributed by atoms with Crippen LogP contribution in [0.1, 0.15) is 52.4 Å². The molecule has 1 saturated heterocycles. The fraction of sp³-hybridized carbons (Fsp3) is 0.875. The Morgan fingerprint density at radius 2 is 1.95 bits per heavy atom. The molecule has 5 heteroatoms. The van der Waals surface area contributed by atoms with Gasteiger partial charge in [-0.1, -0.05) is 33.1 Å². The fourth-order valence-electron chi connectivity index (χ4n) is 3.16. The lowest BCUT2D eigenvalue weighted by Crippen LogP contribution is -2.45. The molecule has 0 bridgehead atoms. The second-order valence-electron chi connectivity index (χ2n) is 6.57. The van der Waals surface area contributed by atoms with Crippen molar-refractivity contribution in [2.45, 2.75) is 64.5 Å². The summed E-state index contributed by atoms with van der Waals surface area (Å²) < 4.78 is 5.49. The van der Waals surface area contributed by atoms with Gasteiger partial charge in [-0.15, -0.1) is 0 Å². The van der Waals surface area contributed by atoms with Gasteiger partial charge in [0, 0.05) is 19.2 Å². The summed E-state index contributed by atoms with van der Waals surface area (Å²) >= 11 is 0. The summed E-state index contributed by atoms with van der Waals surface area (Å²) in [6, 6.07) is -0.204. The van der Waals surface area contributed by atoms with E-state index in [1.54, 1.807) is 0 Å². The van der Waals surface area contributed by atoms with Crippen molar-refractivity contribution >= 4 is 11.8 Å². The second-order valence-corrected chi connectivity index (χ2v) is 6.57. The van der Waals surface area contributed by atoms with Gasteiger partial charge in [0.1, 0.15) is 0 Å². The van der Waals surface area contributed by atoms with E-state index >= 15 is 0 Å². The molecule has 0 radical (unpaired) electrons. The molecule has 1 saturated carbocycles. The Morgan fingerprint density at radius 3 is 2.62 bits per heavy atom. The Hall–Kier alpha value is -0.940. The molecule has 1 aliphatic carbocycles. The molecule has 21 heavy (non-hydrogen) atoms. The molecule has 2 aliphatic rings. The van der Waals surface area contributed by atoms with Gasteiger partial charge in [0.2, 0.25) is 11.8 Å². The highest BCUT2D eigenvalue weighted by molar-refractivity contribution is 6.05. The zero-order chi connectivity index (χ0) is 15.2. The van der Waals surface area contributed by atoms with Gasteiger partial charge in [0.05, 0.1) is 19.1 Å². The third-order valence-corrected chi connectivity index (χ3v) is 4.21. The van der Waals surface area contributed by atoms with E-state index in [1.807, 2.05) is 0 Å². The van der Waals surface area contributed by atoms with Gasteiger partial charge < -0.3 is 10.1 Å². The van der Waals surface area contributed by atoms with Crippen molar-refractivity contribution in [3.05, 3.63) is 0 Å². The quantitative estimate of drug-likeness (QED) is 0.574. The Balaban J connectivity index is 1.75. The lowest BCUT2D eigenvalue weighted by molar-refractivity contribution is -0.142. The fourth-order valence-corrected chi connectivity index (χ4v) is 3.16. The molecular formula is C16H28N2O3. The van der Waals surface area contributed by atoms with Gasteiger partial charge in [0.25, 0.3) is 0 Å². The molecule has 1 N–H and O–H groups in total. The first kappa shape index (κ1) is 16.4.